The fourth-order valence-corrected chi connectivity index (χ4v) is 2.60. The predicted molar refractivity (Wildman–Crippen MR) is 86.2 cm³/mol. The Hall–Kier alpha value is -2.57. The summed E-state index contributed by atoms with van der Waals surface area (Å²) in [5.74, 6) is 2.33. The Morgan fingerprint density at radius 1 is 1.22 bits per heavy atom. The number of hydrogen-bond donors (Lipinski definition) is 1. The molecule has 2 aromatic heterocycles. The van der Waals surface area contributed by atoms with Gasteiger partial charge in [-0.25, -0.2) is 14.8 Å². The van der Waals surface area contributed by atoms with E-state index < -0.39 is 0 Å². The van der Waals surface area contributed by atoms with Gasteiger partial charge in [0.25, 0.3) is 0 Å². The van der Waals surface area contributed by atoms with Crippen LogP contribution in [0.15, 0.2) is 35.0 Å². The number of nitrogens with zero attached hydrogens (tertiary/aromatic N) is 4. The zero-order valence-corrected chi connectivity index (χ0v) is 13.4. The number of piperazine rings is 1. The van der Waals surface area contributed by atoms with E-state index in [9.17, 15) is 4.79 Å². The smallest absolute Gasteiger partial charge is 0.318 e. The lowest BCUT2D eigenvalue weighted by molar-refractivity contribution is 0.189. The lowest BCUT2D eigenvalue weighted by Crippen LogP contribution is -2.52. The summed E-state index contributed by atoms with van der Waals surface area (Å²) in [5, 5.41) is 2.98. The first kappa shape index (κ1) is 15.3. The first-order chi connectivity index (χ1) is 11.1. The maximum atomic E-state index is 12.4. The SMILES string of the molecule is Cc1ccc([C@H](C)NC(=O)N2CCN(c3ncccn3)CC2)o1. The lowest BCUT2D eigenvalue weighted by atomic mass is 10.2. The number of hydrogen-bond acceptors (Lipinski definition) is 5. The molecule has 122 valence electrons. The molecule has 1 aliphatic rings. The highest BCUT2D eigenvalue weighted by atomic mass is 16.3. The van der Waals surface area contributed by atoms with E-state index >= 15 is 0 Å². The van der Waals surface area contributed by atoms with Crippen molar-refractivity contribution < 1.29 is 9.21 Å². The van der Waals surface area contributed by atoms with Gasteiger partial charge < -0.3 is 19.5 Å². The molecule has 3 heterocycles. The zero-order chi connectivity index (χ0) is 16.2. The molecule has 1 N–H and O–H groups in total. The maximum absolute atomic E-state index is 12.4. The summed E-state index contributed by atoms with van der Waals surface area (Å²) < 4.78 is 5.55. The number of urea groups is 1. The predicted octanol–water partition coefficient (Wildman–Crippen LogP) is 1.97. The van der Waals surface area contributed by atoms with E-state index in [0.29, 0.717) is 19.0 Å². The van der Waals surface area contributed by atoms with Gasteiger partial charge in [-0.1, -0.05) is 0 Å². The summed E-state index contributed by atoms with van der Waals surface area (Å²) in [4.78, 5) is 24.7. The fourth-order valence-electron chi connectivity index (χ4n) is 2.60. The van der Waals surface area contributed by atoms with E-state index in [4.69, 9.17) is 4.42 Å². The Bertz CT molecular complexity index is 650. The van der Waals surface area contributed by atoms with E-state index in [2.05, 4.69) is 20.2 Å². The molecule has 0 saturated carbocycles. The molecule has 7 heteroatoms. The number of amides is 2. The van der Waals surface area contributed by atoms with Crippen LogP contribution in [0.25, 0.3) is 0 Å². The highest BCUT2D eigenvalue weighted by Crippen LogP contribution is 2.16. The van der Waals surface area contributed by atoms with Crippen LogP contribution in [0.3, 0.4) is 0 Å². The Morgan fingerprint density at radius 2 is 1.91 bits per heavy atom. The minimum absolute atomic E-state index is 0.0693. The molecule has 1 fully saturated rings. The molecule has 2 aromatic rings. The number of anilines is 1. The Morgan fingerprint density at radius 3 is 2.52 bits per heavy atom. The number of carbonyl (C=O) groups excluding carboxylic acids is 1. The van der Waals surface area contributed by atoms with Crippen molar-refractivity contribution >= 4 is 12.0 Å². The highest BCUT2D eigenvalue weighted by Gasteiger charge is 2.24. The monoisotopic (exact) mass is 315 g/mol. The van der Waals surface area contributed by atoms with E-state index in [1.807, 2.05) is 30.9 Å². The summed E-state index contributed by atoms with van der Waals surface area (Å²) in [6.45, 7) is 6.56. The first-order valence-electron chi connectivity index (χ1n) is 7.77. The van der Waals surface area contributed by atoms with Crippen molar-refractivity contribution in [2.24, 2.45) is 0 Å². The van der Waals surface area contributed by atoms with Crippen molar-refractivity contribution in [2.45, 2.75) is 19.9 Å². The van der Waals surface area contributed by atoms with Gasteiger partial charge in [0.05, 0.1) is 6.04 Å². The summed E-state index contributed by atoms with van der Waals surface area (Å²) >= 11 is 0. The van der Waals surface area contributed by atoms with Crippen LogP contribution in [0.2, 0.25) is 0 Å². The molecule has 0 unspecified atom stereocenters. The van der Waals surface area contributed by atoms with Crippen LogP contribution in [0, 0.1) is 6.92 Å². The largest absolute Gasteiger partial charge is 0.464 e. The number of aryl methyl sites for hydroxylation is 1. The van der Waals surface area contributed by atoms with Crippen molar-refractivity contribution in [1.29, 1.82) is 0 Å². The Kier molecular flexibility index (Phi) is 4.45. The van der Waals surface area contributed by atoms with Crippen LogP contribution in [-0.4, -0.2) is 47.1 Å². The molecule has 1 atom stereocenters. The van der Waals surface area contributed by atoms with Gasteiger partial charge in [-0.3, -0.25) is 0 Å². The molecule has 0 radical (unpaired) electrons. The van der Waals surface area contributed by atoms with Crippen LogP contribution in [0.5, 0.6) is 0 Å². The number of carbonyl (C=O) groups is 1. The summed E-state index contributed by atoms with van der Waals surface area (Å²) in [5.41, 5.74) is 0. The lowest BCUT2D eigenvalue weighted by Gasteiger charge is -2.35. The molecule has 0 spiro atoms. The number of aromatic nitrogens is 2. The molecule has 0 bridgehead atoms. The molecular formula is C16H21N5O2. The Balaban J connectivity index is 1.52. The van der Waals surface area contributed by atoms with Crippen LogP contribution in [0.4, 0.5) is 10.7 Å². The summed E-state index contributed by atoms with van der Waals surface area (Å²) in [6.07, 6.45) is 3.46. The topological polar surface area (TPSA) is 74.5 Å². The third-order valence-electron chi connectivity index (χ3n) is 3.93. The van der Waals surface area contributed by atoms with Gasteiger partial charge in [-0.2, -0.15) is 0 Å². The highest BCUT2D eigenvalue weighted by molar-refractivity contribution is 5.75. The van der Waals surface area contributed by atoms with E-state index in [1.54, 1.807) is 18.5 Å². The minimum Gasteiger partial charge on any atom is -0.464 e. The second-order valence-electron chi connectivity index (χ2n) is 5.64. The van der Waals surface area contributed by atoms with E-state index in [1.165, 1.54) is 0 Å². The van der Waals surface area contributed by atoms with E-state index in [0.717, 1.165) is 24.6 Å². The third kappa shape index (κ3) is 3.61. The molecule has 2 amide bonds. The van der Waals surface area contributed by atoms with Gasteiger partial charge in [0.15, 0.2) is 0 Å². The molecule has 0 aromatic carbocycles. The maximum Gasteiger partial charge on any atom is 0.318 e. The van der Waals surface area contributed by atoms with Crippen LogP contribution >= 0.6 is 0 Å². The van der Waals surface area contributed by atoms with Gasteiger partial charge in [0.2, 0.25) is 5.95 Å². The van der Waals surface area contributed by atoms with Crippen LogP contribution in [-0.2, 0) is 0 Å². The van der Waals surface area contributed by atoms with Gasteiger partial charge in [0.1, 0.15) is 11.5 Å². The second kappa shape index (κ2) is 6.68. The first-order valence-corrected chi connectivity index (χ1v) is 7.77. The standard InChI is InChI=1S/C16H21N5O2/c1-12-4-5-14(23-12)13(2)19-16(22)21-10-8-20(9-11-21)15-17-6-3-7-18-15/h3-7,13H,8-11H2,1-2H3,(H,19,22)/t13-/m0/s1. The quantitative estimate of drug-likeness (QED) is 0.937. The molecular weight excluding hydrogens is 294 g/mol. The van der Waals surface area contributed by atoms with Crippen molar-refractivity contribution in [3.05, 3.63) is 42.1 Å². The Labute approximate surface area is 135 Å². The van der Waals surface area contributed by atoms with Crippen LogP contribution in [0.1, 0.15) is 24.5 Å². The van der Waals surface area contributed by atoms with Crippen LogP contribution < -0.4 is 10.2 Å². The van der Waals surface area contributed by atoms with Gasteiger partial charge in [0, 0.05) is 38.6 Å². The molecule has 23 heavy (non-hydrogen) atoms. The normalized spacial score (nSPS) is 16.3. The number of furan rings is 1. The van der Waals surface area contributed by atoms with Gasteiger partial charge in [-0.15, -0.1) is 0 Å². The second-order valence-corrected chi connectivity index (χ2v) is 5.64. The summed E-state index contributed by atoms with van der Waals surface area (Å²) in [7, 11) is 0. The molecule has 0 aliphatic carbocycles. The van der Waals surface area contributed by atoms with Crippen molar-refractivity contribution in [3.63, 3.8) is 0 Å². The average molecular weight is 315 g/mol. The van der Waals surface area contributed by atoms with Crippen molar-refractivity contribution in [1.82, 2.24) is 20.2 Å². The van der Waals surface area contributed by atoms with Crippen molar-refractivity contribution in [3.8, 4) is 0 Å². The number of rotatable bonds is 3. The summed E-state index contributed by atoms with van der Waals surface area (Å²) in [6, 6.07) is 5.37. The third-order valence-corrected chi connectivity index (χ3v) is 3.93. The molecule has 1 saturated heterocycles. The molecule has 3 rings (SSSR count). The van der Waals surface area contributed by atoms with E-state index in [-0.39, 0.29) is 12.1 Å². The minimum atomic E-state index is -0.147. The van der Waals surface area contributed by atoms with Gasteiger partial charge in [-0.05, 0) is 32.0 Å². The average Bonchev–Trinajstić information content (AvgIpc) is 3.02. The fraction of sp³-hybridized carbons (Fsp3) is 0.438. The molecule has 1 aliphatic heterocycles. The zero-order valence-electron chi connectivity index (χ0n) is 13.4. The van der Waals surface area contributed by atoms with Crippen molar-refractivity contribution in [2.75, 3.05) is 31.1 Å². The number of nitrogens with one attached hydrogen (secondary N) is 1. The van der Waals surface area contributed by atoms with Gasteiger partial charge >= 0.3 is 6.03 Å². The molecule has 7 nitrogen and oxygen atoms in total.